The van der Waals surface area contributed by atoms with Crippen molar-refractivity contribution in [2.45, 2.75) is 38.6 Å². The van der Waals surface area contributed by atoms with Crippen LogP contribution >= 0.6 is 11.6 Å². The summed E-state index contributed by atoms with van der Waals surface area (Å²) in [5.74, 6) is -0.168. The molecule has 0 spiro atoms. The molecule has 0 radical (unpaired) electrons. The van der Waals surface area contributed by atoms with Gasteiger partial charge in [-0.05, 0) is 50.5 Å². The van der Waals surface area contributed by atoms with Crippen LogP contribution in [0.1, 0.15) is 31.7 Å². The Morgan fingerprint density at radius 2 is 2.22 bits per heavy atom. The predicted octanol–water partition coefficient (Wildman–Crippen LogP) is 2.69. The molecule has 0 saturated carbocycles. The van der Waals surface area contributed by atoms with E-state index in [9.17, 15) is 9.59 Å². The topological polar surface area (TPSA) is 58.6 Å². The van der Waals surface area contributed by atoms with Crippen molar-refractivity contribution in [2.75, 3.05) is 25.2 Å². The van der Waals surface area contributed by atoms with Crippen LogP contribution in [0.15, 0.2) is 18.2 Å². The smallest absolute Gasteiger partial charge is 0.246 e. The number of anilines is 1. The first kappa shape index (κ1) is 17.8. The van der Waals surface area contributed by atoms with E-state index >= 15 is 0 Å². The first-order valence-corrected chi connectivity index (χ1v) is 8.14. The molecular weight excluding hydrogens is 316 g/mol. The van der Waals surface area contributed by atoms with Crippen molar-refractivity contribution in [1.82, 2.24) is 5.32 Å². The van der Waals surface area contributed by atoms with Gasteiger partial charge in [-0.15, -0.1) is 0 Å². The molecular formula is C17H23ClN2O3. The number of benzene rings is 1. The van der Waals surface area contributed by atoms with Crippen molar-refractivity contribution >= 4 is 29.1 Å². The first-order valence-electron chi connectivity index (χ1n) is 7.76. The van der Waals surface area contributed by atoms with E-state index in [0.717, 1.165) is 17.7 Å². The fourth-order valence-electron chi connectivity index (χ4n) is 2.94. The number of halogens is 1. The normalized spacial score (nSPS) is 20.9. The molecule has 1 atom stereocenters. The second-order valence-electron chi connectivity index (χ2n) is 6.04. The zero-order valence-corrected chi connectivity index (χ0v) is 14.6. The van der Waals surface area contributed by atoms with Gasteiger partial charge in [-0.1, -0.05) is 11.6 Å². The highest BCUT2D eigenvalue weighted by atomic mass is 35.5. The van der Waals surface area contributed by atoms with Gasteiger partial charge in [0, 0.05) is 37.4 Å². The maximum atomic E-state index is 12.7. The zero-order chi connectivity index (χ0) is 17.0. The lowest BCUT2D eigenvalue weighted by atomic mass is 9.96. The van der Waals surface area contributed by atoms with Crippen LogP contribution in [0, 0.1) is 6.92 Å². The van der Waals surface area contributed by atoms with Gasteiger partial charge in [-0.3, -0.25) is 14.5 Å². The van der Waals surface area contributed by atoms with Crippen LogP contribution in [-0.4, -0.2) is 37.6 Å². The third-order valence-corrected chi connectivity index (χ3v) is 4.50. The number of methoxy groups -OCH3 is 1. The highest BCUT2D eigenvalue weighted by Crippen LogP contribution is 2.37. The van der Waals surface area contributed by atoms with Gasteiger partial charge >= 0.3 is 0 Å². The number of carbonyl (C=O) groups is 2. The number of ether oxygens (including phenoxy) is 1. The van der Waals surface area contributed by atoms with Gasteiger partial charge < -0.3 is 10.1 Å². The second-order valence-corrected chi connectivity index (χ2v) is 6.47. The number of amides is 2. The summed E-state index contributed by atoms with van der Waals surface area (Å²) < 4.78 is 4.98. The average Bonchev–Trinajstić information content (AvgIpc) is 2.81. The van der Waals surface area contributed by atoms with E-state index in [1.54, 1.807) is 30.2 Å². The van der Waals surface area contributed by atoms with Crippen molar-refractivity contribution in [2.24, 2.45) is 0 Å². The minimum Gasteiger partial charge on any atom is -0.385 e. The van der Waals surface area contributed by atoms with E-state index in [1.165, 1.54) is 0 Å². The van der Waals surface area contributed by atoms with Crippen molar-refractivity contribution in [3.63, 3.8) is 0 Å². The quantitative estimate of drug-likeness (QED) is 0.811. The third-order valence-electron chi connectivity index (χ3n) is 4.27. The van der Waals surface area contributed by atoms with Crippen LogP contribution in [0.2, 0.25) is 5.02 Å². The maximum Gasteiger partial charge on any atom is 0.246 e. The highest BCUT2D eigenvalue weighted by molar-refractivity contribution is 6.30. The van der Waals surface area contributed by atoms with Gasteiger partial charge in [-0.25, -0.2) is 0 Å². The Labute approximate surface area is 141 Å². The molecule has 1 saturated heterocycles. The molecule has 2 rings (SSSR count). The molecule has 5 nitrogen and oxygen atoms in total. The summed E-state index contributed by atoms with van der Waals surface area (Å²) in [7, 11) is 1.63. The highest BCUT2D eigenvalue weighted by Gasteiger charge is 2.48. The molecule has 1 heterocycles. The van der Waals surface area contributed by atoms with Gasteiger partial charge in [0.05, 0.1) is 0 Å². The predicted molar refractivity (Wildman–Crippen MR) is 90.8 cm³/mol. The zero-order valence-electron chi connectivity index (χ0n) is 13.8. The molecule has 2 amide bonds. The molecule has 1 aromatic carbocycles. The summed E-state index contributed by atoms with van der Waals surface area (Å²) >= 11 is 6.00. The Balaban J connectivity index is 2.22. The van der Waals surface area contributed by atoms with Crippen molar-refractivity contribution in [3.05, 3.63) is 28.8 Å². The summed E-state index contributed by atoms with van der Waals surface area (Å²) in [6.07, 6.45) is 1.61. The largest absolute Gasteiger partial charge is 0.385 e. The lowest BCUT2D eigenvalue weighted by Crippen LogP contribution is -2.55. The standard InChI is InChI=1S/C17H23ClN2O3/c1-12-11-13(18)5-6-14(12)20-15(21)7-8-17(20,2)16(22)19-9-4-10-23-3/h5-6,11H,4,7-10H2,1-3H3,(H,19,22)/t17-/m1/s1. The average molecular weight is 339 g/mol. The summed E-state index contributed by atoms with van der Waals surface area (Å²) in [5.41, 5.74) is 0.751. The minimum atomic E-state index is -0.872. The Bertz CT molecular complexity index is 606. The second kappa shape index (κ2) is 7.32. The number of carbonyl (C=O) groups excluding carboxylic acids is 2. The molecule has 0 aromatic heterocycles. The lowest BCUT2D eigenvalue weighted by molar-refractivity contribution is -0.127. The number of hydrogen-bond acceptors (Lipinski definition) is 3. The van der Waals surface area contributed by atoms with E-state index in [2.05, 4.69) is 5.32 Å². The van der Waals surface area contributed by atoms with E-state index < -0.39 is 5.54 Å². The molecule has 1 fully saturated rings. The summed E-state index contributed by atoms with van der Waals surface area (Å²) in [6, 6.07) is 5.35. The molecule has 23 heavy (non-hydrogen) atoms. The molecule has 1 N–H and O–H groups in total. The summed E-state index contributed by atoms with van der Waals surface area (Å²) in [5, 5.41) is 3.53. The number of hydrogen-bond donors (Lipinski definition) is 1. The Morgan fingerprint density at radius 3 is 2.87 bits per heavy atom. The van der Waals surface area contributed by atoms with E-state index in [-0.39, 0.29) is 11.8 Å². The van der Waals surface area contributed by atoms with E-state index in [4.69, 9.17) is 16.3 Å². The van der Waals surface area contributed by atoms with Crippen molar-refractivity contribution < 1.29 is 14.3 Å². The monoisotopic (exact) mass is 338 g/mol. The Kier molecular flexibility index (Phi) is 5.65. The van der Waals surface area contributed by atoms with Gasteiger partial charge in [0.15, 0.2) is 0 Å². The maximum absolute atomic E-state index is 12.7. The van der Waals surface area contributed by atoms with E-state index in [0.29, 0.717) is 31.0 Å². The van der Waals surface area contributed by atoms with Crippen LogP contribution in [-0.2, 0) is 14.3 Å². The lowest BCUT2D eigenvalue weighted by Gasteiger charge is -2.35. The van der Waals surface area contributed by atoms with Crippen LogP contribution in [0.4, 0.5) is 5.69 Å². The SMILES string of the molecule is COCCCNC(=O)[C@@]1(C)CCC(=O)N1c1ccc(Cl)cc1C. The summed E-state index contributed by atoms with van der Waals surface area (Å²) in [6.45, 7) is 4.83. The minimum absolute atomic E-state index is 0.0371. The summed E-state index contributed by atoms with van der Waals surface area (Å²) in [4.78, 5) is 26.7. The fraction of sp³-hybridized carbons (Fsp3) is 0.529. The fourth-order valence-corrected chi connectivity index (χ4v) is 3.17. The van der Waals surface area contributed by atoms with Crippen LogP contribution in [0.25, 0.3) is 0 Å². The number of rotatable bonds is 6. The van der Waals surface area contributed by atoms with Gasteiger partial charge in [0.2, 0.25) is 11.8 Å². The number of nitrogens with one attached hydrogen (secondary N) is 1. The molecule has 0 aliphatic carbocycles. The molecule has 126 valence electrons. The van der Waals surface area contributed by atoms with Gasteiger partial charge in [0.25, 0.3) is 0 Å². The van der Waals surface area contributed by atoms with Crippen LogP contribution in [0.3, 0.4) is 0 Å². The van der Waals surface area contributed by atoms with Crippen molar-refractivity contribution in [3.8, 4) is 0 Å². The van der Waals surface area contributed by atoms with Crippen LogP contribution < -0.4 is 10.2 Å². The van der Waals surface area contributed by atoms with Crippen LogP contribution in [0.5, 0.6) is 0 Å². The Morgan fingerprint density at radius 1 is 1.48 bits per heavy atom. The first-order chi connectivity index (χ1) is 10.9. The van der Waals surface area contributed by atoms with E-state index in [1.807, 2.05) is 13.8 Å². The molecule has 0 bridgehead atoms. The number of nitrogens with zero attached hydrogens (tertiary/aromatic N) is 1. The van der Waals surface area contributed by atoms with Gasteiger partial charge in [-0.2, -0.15) is 0 Å². The number of aryl methyl sites for hydroxylation is 1. The molecule has 6 heteroatoms. The molecule has 1 aliphatic rings. The third kappa shape index (κ3) is 3.67. The van der Waals surface area contributed by atoms with Gasteiger partial charge in [0.1, 0.15) is 5.54 Å². The van der Waals surface area contributed by atoms with Crippen molar-refractivity contribution in [1.29, 1.82) is 0 Å². The Hall–Kier alpha value is -1.59. The molecule has 1 aromatic rings. The molecule has 1 aliphatic heterocycles. The molecule has 0 unspecified atom stereocenters.